The lowest BCUT2D eigenvalue weighted by molar-refractivity contribution is 1.03. The minimum absolute atomic E-state index is 0.926. The highest BCUT2D eigenvalue weighted by atomic mass is 15.0. The molecular formula is C15H16N4. The number of aryl methyl sites for hydroxylation is 4. The van der Waals surface area contributed by atoms with E-state index in [1.807, 2.05) is 37.9 Å². The number of imidazole rings is 1. The number of fused-ring (bicyclic) bond motifs is 1. The Balaban J connectivity index is 2.27. The summed E-state index contributed by atoms with van der Waals surface area (Å²) in [4.78, 5) is 13.5. The van der Waals surface area contributed by atoms with Crippen molar-refractivity contribution >= 4 is 11.0 Å². The largest absolute Gasteiger partial charge is 0.306 e. The van der Waals surface area contributed by atoms with Gasteiger partial charge in [-0.25, -0.2) is 15.0 Å². The van der Waals surface area contributed by atoms with E-state index in [9.17, 15) is 0 Å². The van der Waals surface area contributed by atoms with E-state index < -0.39 is 0 Å². The van der Waals surface area contributed by atoms with Crippen LogP contribution in [0.25, 0.3) is 16.7 Å². The van der Waals surface area contributed by atoms with Crippen molar-refractivity contribution in [2.24, 2.45) is 0 Å². The number of benzene rings is 1. The zero-order valence-corrected chi connectivity index (χ0v) is 11.6. The van der Waals surface area contributed by atoms with Crippen LogP contribution < -0.4 is 0 Å². The Bertz CT molecular complexity index is 771. The summed E-state index contributed by atoms with van der Waals surface area (Å²) in [6.07, 6.45) is 3.85. The maximum atomic E-state index is 4.61. The fourth-order valence-corrected chi connectivity index (χ4v) is 2.20. The molecule has 0 radical (unpaired) electrons. The first-order chi connectivity index (χ1) is 9.04. The molecule has 0 N–H and O–H groups in total. The highest BCUT2D eigenvalue weighted by molar-refractivity contribution is 5.78. The number of nitrogens with zero attached hydrogens (tertiary/aromatic N) is 4. The van der Waals surface area contributed by atoms with Crippen LogP contribution in [0.3, 0.4) is 0 Å². The first-order valence-electron chi connectivity index (χ1n) is 6.31. The molecule has 3 aromatic rings. The second kappa shape index (κ2) is 4.16. The van der Waals surface area contributed by atoms with Crippen LogP contribution in [-0.4, -0.2) is 19.5 Å². The van der Waals surface area contributed by atoms with Crippen LogP contribution in [0.1, 0.15) is 22.6 Å². The van der Waals surface area contributed by atoms with E-state index in [4.69, 9.17) is 0 Å². The molecule has 3 rings (SSSR count). The van der Waals surface area contributed by atoms with E-state index in [2.05, 4.69) is 34.0 Å². The molecule has 4 heteroatoms. The highest BCUT2D eigenvalue weighted by Crippen LogP contribution is 2.21. The lowest BCUT2D eigenvalue weighted by Crippen LogP contribution is -1.98. The molecule has 0 aliphatic rings. The molecular weight excluding hydrogens is 236 g/mol. The van der Waals surface area contributed by atoms with Crippen molar-refractivity contribution in [2.75, 3.05) is 0 Å². The van der Waals surface area contributed by atoms with Crippen LogP contribution in [0, 0.1) is 27.7 Å². The lowest BCUT2D eigenvalue weighted by atomic mass is 10.1. The first kappa shape index (κ1) is 11.8. The van der Waals surface area contributed by atoms with Gasteiger partial charge in [-0.05, 0) is 45.4 Å². The Morgan fingerprint density at radius 1 is 0.895 bits per heavy atom. The van der Waals surface area contributed by atoms with E-state index in [1.54, 1.807) is 0 Å². The van der Waals surface area contributed by atoms with Crippen LogP contribution >= 0.6 is 0 Å². The fraction of sp³-hybridized carbons (Fsp3) is 0.267. The molecule has 0 aliphatic carbocycles. The Labute approximate surface area is 112 Å². The van der Waals surface area contributed by atoms with Crippen LogP contribution in [0.2, 0.25) is 0 Å². The molecule has 2 aromatic heterocycles. The van der Waals surface area contributed by atoms with E-state index in [1.165, 1.54) is 5.56 Å². The molecule has 0 spiro atoms. The van der Waals surface area contributed by atoms with Gasteiger partial charge in [-0.1, -0.05) is 0 Å². The van der Waals surface area contributed by atoms with E-state index in [-0.39, 0.29) is 0 Å². The van der Waals surface area contributed by atoms with E-state index in [0.29, 0.717) is 0 Å². The lowest BCUT2D eigenvalue weighted by Gasteiger charge is -2.09. The summed E-state index contributed by atoms with van der Waals surface area (Å²) in [5.41, 5.74) is 7.11. The van der Waals surface area contributed by atoms with Crippen molar-refractivity contribution < 1.29 is 0 Å². The standard InChI is InChI=1S/C15H16N4/c1-9-5-13-14(18-12(4)11(3)17-13)6-15(9)19-7-10(2)16-8-19/h5-8H,1-4H3. The molecule has 0 fully saturated rings. The summed E-state index contributed by atoms with van der Waals surface area (Å²) in [5, 5.41) is 0. The monoisotopic (exact) mass is 252 g/mol. The van der Waals surface area contributed by atoms with Gasteiger partial charge in [0.25, 0.3) is 0 Å². The Hall–Kier alpha value is -2.23. The van der Waals surface area contributed by atoms with Gasteiger partial charge in [0, 0.05) is 6.20 Å². The third kappa shape index (κ3) is 1.99. The third-order valence-corrected chi connectivity index (χ3v) is 3.38. The van der Waals surface area contributed by atoms with Gasteiger partial charge in [-0.2, -0.15) is 0 Å². The summed E-state index contributed by atoms with van der Waals surface area (Å²) in [6.45, 7) is 8.05. The molecule has 1 aromatic carbocycles. The van der Waals surface area contributed by atoms with Crippen molar-refractivity contribution in [1.82, 2.24) is 19.5 Å². The predicted octanol–water partition coefficient (Wildman–Crippen LogP) is 3.05. The topological polar surface area (TPSA) is 43.6 Å². The normalized spacial score (nSPS) is 11.2. The van der Waals surface area contributed by atoms with Gasteiger partial charge < -0.3 is 4.57 Å². The Morgan fingerprint density at radius 2 is 1.53 bits per heavy atom. The first-order valence-corrected chi connectivity index (χ1v) is 6.31. The zero-order valence-electron chi connectivity index (χ0n) is 11.6. The summed E-state index contributed by atoms with van der Waals surface area (Å²) >= 11 is 0. The smallest absolute Gasteiger partial charge is 0.0995 e. The average molecular weight is 252 g/mol. The molecule has 0 atom stereocenters. The fourth-order valence-electron chi connectivity index (χ4n) is 2.20. The van der Waals surface area contributed by atoms with Gasteiger partial charge in [-0.3, -0.25) is 0 Å². The van der Waals surface area contributed by atoms with Crippen molar-refractivity contribution in [1.29, 1.82) is 0 Å². The second-order valence-corrected chi connectivity index (χ2v) is 4.94. The zero-order chi connectivity index (χ0) is 13.6. The molecule has 4 nitrogen and oxygen atoms in total. The SMILES string of the molecule is Cc1cn(-c2cc3nc(C)c(C)nc3cc2C)cn1. The van der Waals surface area contributed by atoms with Gasteiger partial charge in [0.2, 0.25) is 0 Å². The number of rotatable bonds is 1. The molecule has 96 valence electrons. The van der Waals surface area contributed by atoms with Gasteiger partial charge in [0.1, 0.15) is 0 Å². The van der Waals surface area contributed by atoms with Gasteiger partial charge in [0.15, 0.2) is 0 Å². The van der Waals surface area contributed by atoms with Crippen molar-refractivity contribution in [3.63, 3.8) is 0 Å². The second-order valence-electron chi connectivity index (χ2n) is 4.94. The van der Waals surface area contributed by atoms with Crippen LogP contribution in [-0.2, 0) is 0 Å². The van der Waals surface area contributed by atoms with Crippen molar-refractivity contribution in [3.05, 3.63) is 47.3 Å². The van der Waals surface area contributed by atoms with Crippen LogP contribution in [0.15, 0.2) is 24.7 Å². The average Bonchev–Trinajstić information content (AvgIpc) is 2.77. The quantitative estimate of drug-likeness (QED) is 0.668. The van der Waals surface area contributed by atoms with Gasteiger partial charge in [-0.15, -0.1) is 0 Å². The van der Waals surface area contributed by atoms with E-state index in [0.717, 1.165) is 33.8 Å². The molecule has 0 saturated heterocycles. The summed E-state index contributed by atoms with van der Waals surface area (Å²) in [5.74, 6) is 0. The van der Waals surface area contributed by atoms with Crippen LogP contribution in [0.4, 0.5) is 0 Å². The summed E-state index contributed by atoms with van der Waals surface area (Å²) < 4.78 is 2.03. The predicted molar refractivity (Wildman–Crippen MR) is 75.6 cm³/mol. The maximum Gasteiger partial charge on any atom is 0.0995 e. The van der Waals surface area contributed by atoms with Crippen molar-refractivity contribution in [3.8, 4) is 5.69 Å². The molecule has 0 unspecified atom stereocenters. The van der Waals surface area contributed by atoms with Gasteiger partial charge in [0.05, 0.1) is 40.1 Å². The van der Waals surface area contributed by atoms with Crippen molar-refractivity contribution in [2.45, 2.75) is 27.7 Å². The van der Waals surface area contributed by atoms with Gasteiger partial charge >= 0.3 is 0 Å². The molecule has 0 aliphatic heterocycles. The summed E-state index contributed by atoms with van der Waals surface area (Å²) in [6, 6.07) is 4.16. The van der Waals surface area contributed by atoms with E-state index >= 15 is 0 Å². The molecule has 0 amide bonds. The highest BCUT2D eigenvalue weighted by Gasteiger charge is 2.07. The minimum atomic E-state index is 0.926. The molecule has 19 heavy (non-hydrogen) atoms. The number of hydrogen-bond acceptors (Lipinski definition) is 3. The summed E-state index contributed by atoms with van der Waals surface area (Å²) in [7, 11) is 0. The Kier molecular flexibility index (Phi) is 2.59. The molecule has 2 heterocycles. The minimum Gasteiger partial charge on any atom is -0.306 e. The number of hydrogen-bond donors (Lipinski definition) is 0. The van der Waals surface area contributed by atoms with Crippen LogP contribution in [0.5, 0.6) is 0 Å². The maximum absolute atomic E-state index is 4.61. The number of aromatic nitrogens is 4. The molecule has 0 bridgehead atoms. The third-order valence-electron chi connectivity index (χ3n) is 3.38. The molecule has 0 saturated carbocycles. The Morgan fingerprint density at radius 3 is 2.11 bits per heavy atom.